The molecule has 1 aromatic carbocycles. The topological polar surface area (TPSA) is 66.6 Å². The van der Waals surface area contributed by atoms with E-state index in [2.05, 4.69) is 4.90 Å². The van der Waals surface area contributed by atoms with Crippen LogP contribution in [-0.2, 0) is 6.54 Å². The van der Waals surface area contributed by atoms with Crippen LogP contribution in [0.2, 0.25) is 5.02 Å². The summed E-state index contributed by atoms with van der Waals surface area (Å²) >= 11 is 6.05. The van der Waals surface area contributed by atoms with E-state index in [1.54, 1.807) is 6.07 Å². The molecule has 1 rings (SSSR count). The Kier molecular flexibility index (Phi) is 6.77. The number of benzene rings is 1. The van der Waals surface area contributed by atoms with Gasteiger partial charge >= 0.3 is 0 Å². The molecule has 1 N–H and O–H groups in total. The average Bonchev–Trinajstić information content (AvgIpc) is 2.37. The summed E-state index contributed by atoms with van der Waals surface area (Å²) in [4.78, 5) is 12.4. The van der Waals surface area contributed by atoms with Crippen LogP contribution in [0.1, 0.15) is 24.8 Å². The summed E-state index contributed by atoms with van der Waals surface area (Å²) < 4.78 is 0. The Bertz CT molecular complexity index is 426. The fourth-order valence-corrected chi connectivity index (χ4v) is 2.01. The Morgan fingerprint density at radius 2 is 2.11 bits per heavy atom. The Labute approximate surface area is 117 Å². The van der Waals surface area contributed by atoms with Gasteiger partial charge in [-0.15, -0.1) is 0 Å². The normalized spacial score (nSPS) is 10.9. The highest BCUT2D eigenvalue weighted by Gasteiger charge is 2.11. The molecule has 0 radical (unpaired) electrons. The van der Waals surface area contributed by atoms with E-state index in [0.29, 0.717) is 11.6 Å². The number of unbranched alkanes of at least 4 members (excludes halogenated alkanes) is 2. The molecule has 6 heteroatoms. The largest absolute Gasteiger partial charge is 0.396 e. The average molecular weight is 287 g/mol. The first-order valence-electron chi connectivity index (χ1n) is 6.27. The van der Waals surface area contributed by atoms with Crippen LogP contribution in [0.5, 0.6) is 0 Å². The standard InChI is InChI=1S/C13H19ClN2O3/c1-15(7-3-2-4-8-17)10-11-9-12(16(18)19)5-6-13(11)14/h5-6,9,17H,2-4,7-8,10H2,1H3. The SMILES string of the molecule is CN(CCCCCO)Cc1cc([N+](=O)[O-])ccc1Cl. The van der Waals surface area contributed by atoms with Gasteiger partial charge in [0.05, 0.1) is 4.92 Å². The summed E-state index contributed by atoms with van der Waals surface area (Å²) in [7, 11) is 1.95. The Morgan fingerprint density at radius 1 is 1.37 bits per heavy atom. The second kappa shape index (κ2) is 8.09. The van der Waals surface area contributed by atoms with Crippen LogP contribution < -0.4 is 0 Å². The molecule has 0 spiro atoms. The van der Waals surface area contributed by atoms with Crippen molar-refractivity contribution in [3.63, 3.8) is 0 Å². The molecule has 0 aromatic heterocycles. The number of halogens is 1. The third-order valence-corrected chi connectivity index (χ3v) is 3.25. The fourth-order valence-electron chi connectivity index (χ4n) is 1.84. The second-order valence-corrected chi connectivity index (χ2v) is 4.96. The van der Waals surface area contributed by atoms with Crippen molar-refractivity contribution in [3.8, 4) is 0 Å². The zero-order chi connectivity index (χ0) is 14.3. The van der Waals surface area contributed by atoms with Crippen LogP contribution in [-0.4, -0.2) is 35.1 Å². The smallest absolute Gasteiger partial charge is 0.269 e. The molecule has 0 amide bonds. The predicted molar refractivity (Wildman–Crippen MR) is 75.4 cm³/mol. The molecular formula is C13H19ClN2O3. The lowest BCUT2D eigenvalue weighted by Crippen LogP contribution is -2.19. The van der Waals surface area contributed by atoms with Crippen molar-refractivity contribution < 1.29 is 10.0 Å². The van der Waals surface area contributed by atoms with E-state index >= 15 is 0 Å². The molecule has 0 aliphatic heterocycles. The Morgan fingerprint density at radius 3 is 2.74 bits per heavy atom. The van der Waals surface area contributed by atoms with Gasteiger partial charge in [0, 0.05) is 30.3 Å². The molecule has 0 saturated heterocycles. The Balaban J connectivity index is 2.55. The van der Waals surface area contributed by atoms with Gasteiger partial charge in [-0.25, -0.2) is 0 Å². The first-order valence-corrected chi connectivity index (χ1v) is 6.64. The highest BCUT2D eigenvalue weighted by Crippen LogP contribution is 2.23. The monoisotopic (exact) mass is 286 g/mol. The lowest BCUT2D eigenvalue weighted by atomic mass is 10.1. The van der Waals surface area contributed by atoms with Crippen molar-refractivity contribution in [2.75, 3.05) is 20.2 Å². The molecular weight excluding hydrogens is 268 g/mol. The molecule has 106 valence electrons. The predicted octanol–water partition coefficient (Wildman–Crippen LogP) is 2.84. The zero-order valence-corrected chi connectivity index (χ0v) is 11.8. The maximum absolute atomic E-state index is 10.7. The van der Waals surface area contributed by atoms with Gasteiger partial charge in [0.1, 0.15) is 0 Å². The van der Waals surface area contributed by atoms with Gasteiger partial charge in [0.15, 0.2) is 0 Å². The first-order chi connectivity index (χ1) is 9.04. The maximum atomic E-state index is 10.7. The summed E-state index contributed by atoms with van der Waals surface area (Å²) in [5.74, 6) is 0. The zero-order valence-electron chi connectivity index (χ0n) is 11.0. The number of non-ortho nitro benzene ring substituents is 1. The highest BCUT2D eigenvalue weighted by molar-refractivity contribution is 6.31. The van der Waals surface area contributed by atoms with Gasteiger partial charge < -0.3 is 10.0 Å². The Hall–Kier alpha value is -1.17. The van der Waals surface area contributed by atoms with Crippen LogP contribution in [0.15, 0.2) is 18.2 Å². The molecule has 0 fully saturated rings. The number of rotatable bonds is 8. The van der Waals surface area contributed by atoms with Gasteiger partial charge in [0.25, 0.3) is 5.69 Å². The van der Waals surface area contributed by atoms with E-state index in [9.17, 15) is 10.1 Å². The number of hydrogen-bond donors (Lipinski definition) is 1. The third-order valence-electron chi connectivity index (χ3n) is 2.88. The van der Waals surface area contributed by atoms with Crippen LogP contribution in [0.3, 0.4) is 0 Å². The molecule has 0 heterocycles. The first kappa shape index (κ1) is 15.9. The molecule has 0 unspecified atom stereocenters. The van der Waals surface area contributed by atoms with E-state index in [1.165, 1.54) is 12.1 Å². The van der Waals surface area contributed by atoms with E-state index in [4.69, 9.17) is 16.7 Å². The number of nitro groups is 1. The molecule has 0 saturated carbocycles. The van der Waals surface area contributed by atoms with Crippen molar-refractivity contribution >= 4 is 17.3 Å². The molecule has 0 aliphatic carbocycles. The lowest BCUT2D eigenvalue weighted by molar-refractivity contribution is -0.384. The number of aliphatic hydroxyl groups is 1. The minimum atomic E-state index is -0.416. The lowest BCUT2D eigenvalue weighted by Gasteiger charge is -2.17. The minimum absolute atomic E-state index is 0.0630. The van der Waals surface area contributed by atoms with Crippen LogP contribution in [0.25, 0.3) is 0 Å². The van der Waals surface area contributed by atoms with E-state index in [0.717, 1.165) is 31.4 Å². The van der Waals surface area contributed by atoms with Crippen molar-refractivity contribution in [1.29, 1.82) is 0 Å². The third kappa shape index (κ3) is 5.55. The molecule has 0 bridgehead atoms. The molecule has 0 aliphatic rings. The van der Waals surface area contributed by atoms with Gasteiger partial charge in [-0.1, -0.05) is 11.6 Å². The summed E-state index contributed by atoms with van der Waals surface area (Å²) in [6, 6.07) is 4.49. The quantitative estimate of drug-likeness (QED) is 0.453. The summed E-state index contributed by atoms with van der Waals surface area (Å²) in [6.45, 7) is 1.68. The summed E-state index contributed by atoms with van der Waals surface area (Å²) in [5.41, 5.74) is 0.827. The summed E-state index contributed by atoms with van der Waals surface area (Å²) in [5, 5.41) is 20.0. The number of aliphatic hydroxyl groups excluding tert-OH is 1. The van der Waals surface area contributed by atoms with Crippen molar-refractivity contribution in [2.24, 2.45) is 0 Å². The van der Waals surface area contributed by atoms with E-state index in [1.807, 2.05) is 7.05 Å². The van der Waals surface area contributed by atoms with Crippen molar-refractivity contribution in [1.82, 2.24) is 4.90 Å². The van der Waals surface area contributed by atoms with Crippen LogP contribution >= 0.6 is 11.6 Å². The van der Waals surface area contributed by atoms with Gasteiger partial charge in [-0.3, -0.25) is 10.1 Å². The molecule has 0 atom stereocenters. The highest BCUT2D eigenvalue weighted by atomic mass is 35.5. The number of hydrogen-bond acceptors (Lipinski definition) is 4. The van der Waals surface area contributed by atoms with Crippen molar-refractivity contribution in [2.45, 2.75) is 25.8 Å². The molecule has 5 nitrogen and oxygen atoms in total. The van der Waals surface area contributed by atoms with Gasteiger partial charge in [-0.05, 0) is 44.5 Å². The maximum Gasteiger partial charge on any atom is 0.269 e. The molecule has 19 heavy (non-hydrogen) atoms. The minimum Gasteiger partial charge on any atom is -0.396 e. The molecule has 1 aromatic rings. The van der Waals surface area contributed by atoms with Crippen LogP contribution in [0.4, 0.5) is 5.69 Å². The second-order valence-electron chi connectivity index (χ2n) is 4.55. The van der Waals surface area contributed by atoms with Gasteiger partial charge in [-0.2, -0.15) is 0 Å². The van der Waals surface area contributed by atoms with Crippen molar-refractivity contribution in [3.05, 3.63) is 38.9 Å². The van der Waals surface area contributed by atoms with Crippen LogP contribution in [0, 0.1) is 10.1 Å². The van der Waals surface area contributed by atoms with E-state index in [-0.39, 0.29) is 12.3 Å². The fraction of sp³-hybridized carbons (Fsp3) is 0.538. The van der Waals surface area contributed by atoms with E-state index < -0.39 is 4.92 Å². The van der Waals surface area contributed by atoms with Gasteiger partial charge in [0.2, 0.25) is 0 Å². The summed E-state index contributed by atoms with van der Waals surface area (Å²) in [6.07, 6.45) is 2.78. The number of nitrogens with zero attached hydrogens (tertiary/aromatic N) is 2. The number of nitro benzene ring substituents is 1.